The maximum absolute atomic E-state index is 3.44. The van der Waals surface area contributed by atoms with Gasteiger partial charge in [0.25, 0.3) is 0 Å². The van der Waals surface area contributed by atoms with Crippen molar-refractivity contribution in [2.45, 2.75) is 66.3 Å². The summed E-state index contributed by atoms with van der Waals surface area (Å²) in [5.74, 6) is 0. The molecule has 1 atom stereocenters. The average molecular weight is 185 g/mol. The Hall–Kier alpha value is -0.0400. The summed E-state index contributed by atoms with van der Waals surface area (Å²) in [5, 5.41) is 3.44. The topological polar surface area (TPSA) is 12.0 Å². The predicted molar refractivity (Wildman–Crippen MR) is 61.1 cm³/mol. The van der Waals surface area contributed by atoms with Gasteiger partial charge in [-0.1, -0.05) is 40.5 Å². The van der Waals surface area contributed by atoms with Crippen molar-refractivity contribution in [3.05, 3.63) is 0 Å². The highest BCUT2D eigenvalue weighted by atomic mass is 14.9. The van der Waals surface area contributed by atoms with Crippen LogP contribution >= 0.6 is 0 Å². The molecule has 1 nitrogen and oxygen atoms in total. The Kier molecular flexibility index (Phi) is 6.40. The van der Waals surface area contributed by atoms with Crippen LogP contribution in [0.5, 0.6) is 0 Å². The predicted octanol–water partition coefficient (Wildman–Crippen LogP) is 3.59. The van der Waals surface area contributed by atoms with E-state index in [1.54, 1.807) is 0 Å². The quantitative estimate of drug-likeness (QED) is 0.624. The van der Waals surface area contributed by atoms with E-state index in [2.05, 4.69) is 39.9 Å². The minimum absolute atomic E-state index is 0.515. The summed E-state index contributed by atoms with van der Waals surface area (Å²) in [5.41, 5.74) is 0.515. The molecular weight excluding hydrogens is 158 g/mol. The fourth-order valence-corrected chi connectivity index (χ4v) is 1.56. The molecule has 0 aliphatic rings. The van der Waals surface area contributed by atoms with Crippen LogP contribution in [-0.4, -0.2) is 12.6 Å². The Morgan fingerprint density at radius 2 is 1.77 bits per heavy atom. The van der Waals surface area contributed by atoms with Crippen molar-refractivity contribution in [3.8, 4) is 0 Å². The van der Waals surface area contributed by atoms with Gasteiger partial charge in [-0.15, -0.1) is 0 Å². The molecular formula is C12H27N. The van der Waals surface area contributed by atoms with Crippen molar-refractivity contribution in [2.75, 3.05) is 6.54 Å². The van der Waals surface area contributed by atoms with Crippen molar-refractivity contribution < 1.29 is 0 Å². The third kappa shape index (κ3) is 9.88. The van der Waals surface area contributed by atoms with Crippen molar-refractivity contribution in [3.63, 3.8) is 0 Å². The van der Waals surface area contributed by atoms with E-state index >= 15 is 0 Å². The van der Waals surface area contributed by atoms with E-state index in [4.69, 9.17) is 0 Å². The van der Waals surface area contributed by atoms with Gasteiger partial charge in [0.15, 0.2) is 0 Å². The standard InChI is InChI=1S/C12H27N/c1-6-13-11(2)9-7-8-10-12(3,4)5/h11,13H,6-10H2,1-5H3. The van der Waals surface area contributed by atoms with Gasteiger partial charge < -0.3 is 5.32 Å². The molecule has 1 unspecified atom stereocenters. The highest BCUT2D eigenvalue weighted by Crippen LogP contribution is 2.22. The Morgan fingerprint density at radius 1 is 1.15 bits per heavy atom. The smallest absolute Gasteiger partial charge is 0.00386 e. The maximum atomic E-state index is 3.44. The van der Waals surface area contributed by atoms with Crippen LogP contribution in [0, 0.1) is 5.41 Å². The van der Waals surface area contributed by atoms with Gasteiger partial charge in [0.05, 0.1) is 0 Å². The second kappa shape index (κ2) is 6.42. The molecule has 0 bridgehead atoms. The summed E-state index contributed by atoms with van der Waals surface area (Å²) < 4.78 is 0. The lowest BCUT2D eigenvalue weighted by Gasteiger charge is -2.18. The van der Waals surface area contributed by atoms with Crippen molar-refractivity contribution >= 4 is 0 Å². The van der Waals surface area contributed by atoms with Crippen LogP contribution in [-0.2, 0) is 0 Å². The van der Waals surface area contributed by atoms with Crippen LogP contribution in [0.25, 0.3) is 0 Å². The summed E-state index contributed by atoms with van der Waals surface area (Å²) in [6.45, 7) is 12.5. The summed E-state index contributed by atoms with van der Waals surface area (Å²) in [6.07, 6.45) is 5.42. The number of unbranched alkanes of at least 4 members (excludes halogenated alkanes) is 1. The van der Waals surface area contributed by atoms with Crippen molar-refractivity contribution in [1.82, 2.24) is 5.32 Å². The van der Waals surface area contributed by atoms with E-state index < -0.39 is 0 Å². The van der Waals surface area contributed by atoms with E-state index in [0.29, 0.717) is 11.5 Å². The summed E-state index contributed by atoms with van der Waals surface area (Å²) >= 11 is 0. The number of hydrogen-bond donors (Lipinski definition) is 1. The lowest BCUT2D eigenvalue weighted by Crippen LogP contribution is -2.25. The zero-order chi connectivity index (χ0) is 10.3. The van der Waals surface area contributed by atoms with Crippen molar-refractivity contribution in [2.24, 2.45) is 5.41 Å². The molecule has 0 fully saturated rings. The van der Waals surface area contributed by atoms with Crippen LogP contribution in [0.2, 0.25) is 0 Å². The van der Waals surface area contributed by atoms with Gasteiger partial charge in [-0.25, -0.2) is 0 Å². The molecule has 0 aliphatic carbocycles. The first-order chi connectivity index (χ1) is 5.95. The molecule has 0 spiro atoms. The van der Waals surface area contributed by atoms with Crippen molar-refractivity contribution in [1.29, 1.82) is 0 Å². The molecule has 13 heavy (non-hydrogen) atoms. The van der Waals surface area contributed by atoms with Crippen LogP contribution in [0.3, 0.4) is 0 Å². The number of nitrogens with one attached hydrogen (secondary N) is 1. The van der Waals surface area contributed by atoms with Gasteiger partial charge in [-0.3, -0.25) is 0 Å². The van der Waals surface area contributed by atoms with Gasteiger partial charge in [0.1, 0.15) is 0 Å². The molecule has 1 N–H and O–H groups in total. The lowest BCUT2D eigenvalue weighted by atomic mass is 9.89. The Balaban J connectivity index is 3.25. The number of hydrogen-bond acceptors (Lipinski definition) is 1. The minimum atomic E-state index is 0.515. The van der Waals surface area contributed by atoms with E-state index in [1.807, 2.05) is 0 Å². The average Bonchev–Trinajstić information content (AvgIpc) is 1.97. The van der Waals surface area contributed by atoms with Crippen LogP contribution in [0.15, 0.2) is 0 Å². The molecule has 80 valence electrons. The molecule has 0 saturated heterocycles. The van der Waals surface area contributed by atoms with Gasteiger partial charge in [0.2, 0.25) is 0 Å². The zero-order valence-corrected chi connectivity index (χ0v) is 10.1. The van der Waals surface area contributed by atoms with Gasteiger partial charge in [-0.2, -0.15) is 0 Å². The van der Waals surface area contributed by atoms with Crippen LogP contribution in [0.1, 0.15) is 60.3 Å². The first-order valence-electron chi connectivity index (χ1n) is 5.69. The largest absolute Gasteiger partial charge is 0.315 e. The fraction of sp³-hybridized carbons (Fsp3) is 1.00. The summed E-state index contributed by atoms with van der Waals surface area (Å²) in [6, 6.07) is 0.699. The summed E-state index contributed by atoms with van der Waals surface area (Å²) in [7, 11) is 0. The Labute approximate surface area is 84.3 Å². The second-order valence-electron chi connectivity index (χ2n) is 5.27. The van der Waals surface area contributed by atoms with E-state index in [1.165, 1.54) is 25.7 Å². The zero-order valence-electron chi connectivity index (χ0n) is 10.1. The molecule has 1 heteroatoms. The molecule has 0 heterocycles. The third-order valence-corrected chi connectivity index (χ3v) is 2.37. The molecule has 0 radical (unpaired) electrons. The molecule has 0 aromatic rings. The maximum Gasteiger partial charge on any atom is 0.00386 e. The van der Waals surface area contributed by atoms with Crippen LogP contribution < -0.4 is 5.32 Å². The first kappa shape index (κ1) is 13.0. The lowest BCUT2D eigenvalue weighted by molar-refractivity contribution is 0.352. The van der Waals surface area contributed by atoms with E-state index in [9.17, 15) is 0 Å². The first-order valence-corrected chi connectivity index (χ1v) is 5.69. The van der Waals surface area contributed by atoms with Crippen LogP contribution in [0.4, 0.5) is 0 Å². The Morgan fingerprint density at radius 3 is 2.23 bits per heavy atom. The normalized spacial score (nSPS) is 14.5. The summed E-state index contributed by atoms with van der Waals surface area (Å²) in [4.78, 5) is 0. The second-order valence-corrected chi connectivity index (χ2v) is 5.27. The van der Waals surface area contributed by atoms with Gasteiger partial charge >= 0.3 is 0 Å². The molecule has 0 rings (SSSR count). The van der Waals surface area contributed by atoms with E-state index in [0.717, 1.165) is 6.54 Å². The highest BCUT2D eigenvalue weighted by Gasteiger charge is 2.09. The minimum Gasteiger partial charge on any atom is -0.315 e. The monoisotopic (exact) mass is 185 g/mol. The highest BCUT2D eigenvalue weighted by molar-refractivity contribution is 4.63. The van der Waals surface area contributed by atoms with Gasteiger partial charge in [-0.05, 0) is 31.7 Å². The number of rotatable bonds is 6. The molecule has 0 aromatic carbocycles. The Bertz CT molecular complexity index is 113. The van der Waals surface area contributed by atoms with Gasteiger partial charge in [0, 0.05) is 6.04 Å². The molecule has 0 aliphatic heterocycles. The fourth-order valence-electron chi connectivity index (χ4n) is 1.56. The molecule has 0 aromatic heterocycles. The molecule has 0 amide bonds. The molecule has 0 saturated carbocycles. The third-order valence-electron chi connectivity index (χ3n) is 2.37. The SMILES string of the molecule is CCNC(C)CCCCC(C)(C)C. The van der Waals surface area contributed by atoms with E-state index in [-0.39, 0.29) is 0 Å².